The number of likely N-dealkylation sites (N-methyl/N-ethyl adjacent to an activating group) is 1. The van der Waals surface area contributed by atoms with E-state index in [9.17, 15) is 12.8 Å². The summed E-state index contributed by atoms with van der Waals surface area (Å²) in [5.74, 6) is -0.691. The Bertz CT molecular complexity index is 824. The van der Waals surface area contributed by atoms with Gasteiger partial charge in [0.05, 0.1) is 12.0 Å². The number of benzene rings is 2. The first-order chi connectivity index (χ1) is 12.9. The van der Waals surface area contributed by atoms with Crippen LogP contribution in [0.15, 0.2) is 53.4 Å². The first-order valence-corrected chi connectivity index (χ1v) is 10.5. The molecule has 1 unspecified atom stereocenters. The molecule has 0 heterocycles. The second-order valence-electron chi connectivity index (χ2n) is 6.21. The fraction of sp³-hybridized carbons (Fsp3) is 0.400. The molecule has 0 spiro atoms. The van der Waals surface area contributed by atoms with Crippen molar-refractivity contribution >= 4 is 10.0 Å². The number of hydrogen-bond acceptors (Lipinski definition) is 4. The normalized spacial score (nSPS) is 12.9. The van der Waals surface area contributed by atoms with Crippen molar-refractivity contribution in [3.8, 4) is 5.75 Å². The second kappa shape index (κ2) is 9.82. The van der Waals surface area contributed by atoms with Crippen LogP contribution in [0.4, 0.5) is 4.39 Å². The number of nitrogens with one attached hydrogen (secondary N) is 1. The summed E-state index contributed by atoms with van der Waals surface area (Å²) < 4.78 is 46.6. The van der Waals surface area contributed by atoms with Gasteiger partial charge >= 0.3 is 0 Å². The number of sulfonamides is 1. The maximum Gasteiger partial charge on any atom is 0.240 e. The van der Waals surface area contributed by atoms with Crippen molar-refractivity contribution in [1.29, 1.82) is 0 Å². The zero-order valence-electron chi connectivity index (χ0n) is 16.0. The Morgan fingerprint density at radius 2 is 1.78 bits per heavy atom. The molecule has 27 heavy (non-hydrogen) atoms. The highest BCUT2D eigenvalue weighted by molar-refractivity contribution is 7.89. The lowest BCUT2D eigenvalue weighted by atomic mass is 10.0. The number of nitrogens with zero attached hydrogens (tertiary/aromatic N) is 1. The van der Waals surface area contributed by atoms with E-state index >= 15 is 0 Å². The number of methoxy groups -OCH3 is 1. The van der Waals surface area contributed by atoms with Crippen molar-refractivity contribution in [2.45, 2.75) is 31.2 Å². The van der Waals surface area contributed by atoms with Gasteiger partial charge in [0.15, 0.2) is 11.6 Å². The Balaban J connectivity index is 2.15. The van der Waals surface area contributed by atoms with Gasteiger partial charge in [0, 0.05) is 12.6 Å². The maximum absolute atomic E-state index is 13.9. The van der Waals surface area contributed by atoms with Gasteiger partial charge in [0.1, 0.15) is 0 Å². The third-order valence-electron chi connectivity index (χ3n) is 4.59. The molecule has 1 atom stereocenters. The third kappa shape index (κ3) is 5.76. The monoisotopic (exact) mass is 394 g/mol. The molecule has 0 aliphatic heterocycles. The highest BCUT2D eigenvalue weighted by Gasteiger charge is 2.22. The molecule has 2 aromatic rings. The molecule has 7 heteroatoms. The van der Waals surface area contributed by atoms with Crippen LogP contribution in [0, 0.1) is 5.82 Å². The van der Waals surface area contributed by atoms with E-state index in [0.717, 1.165) is 31.1 Å². The average molecular weight is 395 g/mol. The highest BCUT2D eigenvalue weighted by atomic mass is 32.2. The van der Waals surface area contributed by atoms with Crippen LogP contribution in [0.25, 0.3) is 0 Å². The van der Waals surface area contributed by atoms with Gasteiger partial charge in [-0.25, -0.2) is 17.5 Å². The van der Waals surface area contributed by atoms with Gasteiger partial charge < -0.3 is 4.74 Å². The smallest absolute Gasteiger partial charge is 0.240 e. The SMILES string of the molecule is CCN(CC)C(CNS(=O)(=O)c1ccc(OC)c(F)c1)Cc1ccccc1. The summed E-state index contributed by atoms with van der Waals surface area (Å²) in [5.41, 5.74) is 1.14. The lowest BCUT2D eigenvalue weighted by molar-refractivity contribution is 0.216. The molecule has 2 rings (SSSR count). The molecule has 1 N–H and O–H groups in total. The predicted molar refractivity (Wildman–Crippen MR) is 105 cm³/mol. The number of hydrogen-bond donors (Lipinski definition) is 1. The van der Waals surface area contributed by atoms with E-state index in [1.54, 1.807) is 0 Å². The zero-order chi connectivity index (χ0) is 19.9. The summed E-state index contributed by atoms with van der Waals surface area (Å²) in [4.78, 5) is 2.10. The van der Waals surface area contributed by atoms with E-state index in [1.807, 2.05) is 30.3 Å². The van der Waals surface area contributed by atoms with E-state index in [2.05, 4.69) is 23.5 Å². The highest BCUT2D eigenvalue weighted by Crippen LogP contribution is 2.20. The van der Waals surface area contributed by atoms with Crippen LogP contribution in [0.1, 0.15) is 19.4 Å². The van der Waals surface area contributed by atoms with Crippen LogP contribution in [-0.2, 0) is 16.4 Å². The molecule has 0 saturated carbocycles. The van der Waals surface area contributed by atoms with E-state index in [-0.39, 0.29) is 23.2 Å². The summed E-state index contributed by atoms with van der Waals surface area (Å²) in [7, 11) is -2.48. The van der Waals surface area contributed by atoms with Crippen LogP contribution in [0.3, 0.4) is 0 Å². The lowest BCUT2D eigenvalue weighted by Gasteiger charge is -2.30. The Morgan fingerprint density at radius 3 is 2.33 bits per heavy atom. The Labute approximate surface area is 161 Å². The molecular weight excluding hydrogens is 367 g/mol. The number of rotatable bonds is 10. The molecule has 0 aromatic heterocycles. The molecule has 0 aliphatic rings. The summed E-state index contributed by atoms with van der Waals surface area (Å²) in [5, 5.41) is 0. The third-order valence-corrected chi connectivity index (χ3v) is 6.01. The molecule has 0 amide bonds. The molecular formula is C20H27FN2O3S. The van der Waals surface area contributed by atoms with E-state index < -0.39 is 15.8 Å². The van der Waals surface area contributed by atoms with Gasteiger partial charge in [0.25, 0.3) is 0 Å². The van der Waals surface area contributed by atoms with Crippen LogP contribution in [-0.4, -0.2) is 46.1 Å². The van der Waals surface area contributed by atoms with Gasteiger partial charge in [0.2, 0.25) is 10.0 Å². The maximum atomic E-state index is 13.9. The Kier molecular flexibility index (Phi) is 7.77. The van der Waals surface area contributed by atoms with Crippen molar-refractivity contribution in [3.05, 3.63) is 59.9 Å². The fourth-order valence-corrected chi connectivity index (χ4v) is 4.14. The number of halogens is 1. The van der Waals surface area contributed by atoms with Crippen molar-refractivity contribution in [2.24, 2.45) is 0 Å². The second-order valence-corrected chi connectivity index (χ2v) is 7.98. The minimum atomic E-state index is -3.82. The van der Waals surface area contributed by atoms with Gasteiger partial charge in [-0.05, 0) is 43.3 Å². The van der Waals surface area contributed by atoms with Crippen LogP contribution in [0.5, 0.6) is 5.75 Å². The molecule has 0 fully saturated rings. The molecule has 148 valence electrons. The van der Waals surface area contributed by atoms with Crippen molar-refractivity contribution in [3.63, 3.8) is 0 Å². The minimum absolute atomic E-state index is 0.000250. The first kappa shape index (κ1) is 21.3. The first-order valence-electron chi connectivity index (χ1n) is 9.02. The predicted octanol–water partition coefficient (Wildman–Crippen LogP) is 3.07. The van der Waals surface area contributed by atoms with Gasteiger partial charge in [-0.2, -0.15) is 0 Å². The van der Waals surface area contributed by atoms with Crippen LogP contribution >= 0.6 is 0 Å². The van der Waals surface area contributed by atoms with Crippen LogP contribution in [0.2, 0.25) is 0 Å². The zero-order valence-corrected chi connectivity index (χ0v) is 16.8. The molecule has 0 aliphatic carbocycles. The van der Waals surface area contributed by atoms with Crippen molar-refractivity contribution < 1.29 is 17.5 Å². The number of ether oxygens (including phenoxy) is 1. The summed E-state index contributed by atoms with van der Waals surface area (Å²) in [6, 6.07) is 13.6. The molecule has 0 radical (unpaired) electrons. The summed E-state index contributed by atoms with van der Waals surface area (Å²) in [6.45, 7) is 5.97. The quantitative estimate of drug-likeness (QED) is 0.673. The van der Waals surface area contributed by atoms with Crippen molar-refractivity contribution in [2.75, 3.05) is 26.7 Å². The average Bonchev–Trinajstić information content (AvgIpc) is 2.67. The standard InChI is InChI=1S/C20H27FN2O3S/c1-4-23(5-2)17(13-16-9-7-6-8-10-16)15-22-27(24,25)18-11-12-20(26-3)19(21)14-18/h6-12,14,17,22H,4-5,13,15H2,1-3H3. The van der Waals surface area contributed by atoms with E-state index in [0.29, 0.717) is 0 Å². The van der Waals surface area contributed by atoms with E-state index in [1.165, 1.54) is 19.2 Å². The minimum Gasteiger partial charge on any atom is -0.494 e. The summed E-state index contributed by atoms with van der Waals surface area (Å²) in [6.07, 6.45) is 0.724. The fourth-order valence-electron chi connectivity index (χ4n) is 3.06. The van der Waals surface area contributed by atoms with Gasteiger partial charge in [-0.3, -0.25) is 4.90 Å². The van der Waals surface area contributed by atoms with Gasteiger partial charge in [-0.1, -0.05) is 44.2 Å². The van der Waals surface area contributed by atoms with Crippen LogP contribution < -0.4 is 9.46 Å². The Morgan fingerprint density at radius 1 is 1.11 bits per heavy atom. The Hall–Kier alpha value is -1.96. The van der Waals surface area contributed by atoms with Gasteiger partial charge in [-0.15, -0.1) is 0 Å². The largest absolute Gasteiger partial charge is 0.494 e. The topological polar surface area (TPSA) is 58.6 Å². The molecule has 0 bridgehead atoms. The van der Waals surface area contributed by atoms with E-state index in [4.69, 9.17) is 4.74 Å². The molecule has 2 aromatic carbocycles. The van der Waals surface area contributed by atoms with Crippen molar-refractivity contribution in [1.82, 2.24) is 9.62 Å². The lowest BCUT2D eigenvalue weighted by Crippen LogP contribution is -2.45. The molecule has 0 saturated heterocycles. The summed E-state index contributed by atoms with van der Waals surface area (Å²) >= 11 is 0. The molecule has 5 nitrogen and oxygen atoms in total.